The molecular formula is C19H26P. The van der Waals surface area contributed by atoms with Gasteiger partial charge in [0.05, 0.1) is 0 Å². The normalized spacial score (nSPS) is 24.1. The van der Waals surface area contributed by atoms with Crippen LogP contribution in [0.15, 0.2) is 24.3 Å². The molecule has 0 spiro atoms. The lowest BCUT2D eigenvalue weighted by molar-refractivity contribution is 0.336. The zero-order chi connectivity index (χ0) is 13.8. The highest BCUT2D eigenvalue weighted by molar-refractivity contribution is 7.58. The molecule has 1 heterocycles. The van der Waals surface area contributed by atoms with E-state index in [2.05, 4.69) is 37.0 Å². The van der Waals surface area contributed by atoms with E-state index in [0.717, 1.165) is 0 Å². The molecule has 1 fully saturated rings. The second-order valence-corrected chi connectivity index (χ2v) is 7.69. The van der Waals surface area contributed by atoms with E-state index < -0.39 is 0 Å². The Kier molecular flexibility index (Phi) is 4.61. The second-order valence-electron chi connectivity index (χ2n) is 6.73. The Bertz CT molecular complexity index is 560. The summed E-state index contributed by atoms with van der Waals surface area (Å²) < 4.78 is 0. The van der Waals surface area contributed by atoms with Crippen molar-refractivity contribution >= 4 is 19.7 Å². The third kappa shape index (κ3) is 3.01. The molecule has 2 aliphatic rings. The average molecular weight is 285 g/mol. The number of benzene rings is 1. The molecule has 1 aliphatic heterocycles. The van der Waals surface area contributed by atoms with Gasteiger partial charge in [0.2, 0.25) is 0 Å². The third-order valence-corrected chi connectivity index (χ3v) is 6.52. The van der Waals surface area contributed by atoms with Gasteiger partial charge in [0.15, 0.2) is 0 Å². The van der Waals surface area contributed by atoms with Crippen molar-refractivity contribution in [1.82, 2.24) is 0 Å². The molecule has 0 saturated heterocycles. The number of fused-ring (bicyclic) bond motifs is 1. The standard InChI is InChI=1S/C19H26P/c1-19(13-9-5-3-2-4-6-10-14-19)18-17-12-8-7-11-16(17)15-20-18/h7-8,11-12,15H,2-6,9-10,13-14H2,1H3. The van der Waals surface area contributed by atoms with Gasteiger partial charge in [0.25, 0.3) is 0 Å². The highest BCUT2D eigenvalue weighted by atomic mass is 31.1. The minimum atomic E-state index is 0.433. The molecule has 1 aromatic carbocycles. The summed E-state index contributed by atoms with van der Waals surface area (Å²) in [7, 11) is 1.46. The molecule has 0 bridgehead atoms. The van der Waals surface area contributed by atoms with Crippen molar-refractivity contribution in [1.29, 1.82) is 0 Å². The van der Waals surface area contributed by atoms with E-state index in [1.807, 2.05) is 0 Å². The third-order valence-electron chi connectivity index (χ3n) is 5.08. The summed E-state index contributed by atoms with van der Waals surface area (Å²) in [4.78, 5) is 0. The number of hydrogen-bond donors (Lipinski definition) is 0. The Morgan fingerprint density at radius 3 is 2.15 bits per heavy atom. The molecule has 1 heteroatoms. The Balaban J connectivity index is 1.92. The van der Waals surface area contributed by atoms with Gasteiger partial charge in [-0.2, -0.15) is 0 Å². The fourth-order valence-corrected chi connectivity index (χ4v) is 5.16. The van der Waals surface area contributed by atoms with Gasteiger partial charge in [-0.3, -0.25) is 0 Å². The minimum absolute atomic E-state index is 0.433. The van der Waals surface area contributed by atoms with Crippen LogP contribution in [0.2, 0.25) is 0 Å². The summed E-state index contributed by atoms with van der Waals surface area (Å²) in [6, 6.07) is 8.99. The fourth-order valence-electron chi connectivity index (χ4n) is 3.79. The van der Waals surface area contributed by atoms with E-state index in [9.17, 15) is 0 Å². The van der Waals surface area contributed by atoms with Crippen LogP contribution in [0.4, 0.5) is 0 Å². The van der Waals surface area contributed by atoms with Gasteiger partial charge in [-0.1, -0.05) is 76.1 Å². The monoisotopic (exact) mass is 285 g/mol. The van der Waals surface area contributed by atoms with E-state index in [4.69, 9.17) is 0 Å². The van der Waals surface area contributed by atoms with Crippen LogP contribution < -0.4 is 10.4 Å². The number of rotatable bonds is 1. The largest absolute Gasteiger partial charge is 0.0616 e. The maximum Gasteiger partial charge on any atom is -0.00582 e. The van der Waals surface area contributed by atoms with Crippen LogP contribution in [0.1, 0.15) is 64.7 Å². The van der Waals surface area contributed by atoms with Gasteiger partial charge in [-0.15, -0.1) is 0 Å². The van der Waals surface area contributed by atoms with Crippen molar-refractivity contribution in [2.45, 2.75) is 64.7 Å². The first kappa shape index (κ1) is 14.3. The Labute approximate surface area is 125 Å². The molecule has 0 amide bonds. The zero-order valence-electron chi connectivity index (χ0n) is 12.7. The molecule has 3 rings (SSSR count). The summed E-state index contributed by atoms with van der Waals surface area (Å²) in [5.74, 6) is 2.41. The van der Waals surface area contributed by atoms with Gasteiger partial charge in [0.1, 0.15) is 0 Å². The Morgan fingerprint density at radius 1 is 0.850 bits per heavy atom. The van der Waals surface area contributed by atoms with Gasteiger partial charge in [0, 0.05) is 0 Å². The molecule has 1 aromatic rings. The van der Waals surface area contributed by atoms with Crippen LogP contribution in [-0.2, 0) is 0 Å². The van der Waals surface area contributed by atoms with Crippen molar-refractivity contribution < 1.29 is 0 Å². The first-order chi connectivity index (χ1) is 9.80. The highest BCUT2D eigenvalue weighted by Crippen LogP contribution is 2.49. The van der Waals surface area contributed by atoms with E-state index in [-0.39, 0.29) is 0 Å². The van der Waals surface area contributed by atoms with Crippen molar-refractivity contribution in [3.05, 3.63) is 34.7 Å². The minimum Gasteiger partial charge on any atom is -0.0616 e. The fraction of sp³-hybridized carbons (Fsp3) is 0.579. The quantitative estimate of drug-likeness (QED) is 0.635. The molecule has 107 valence electrons. The predicted octanol–water partition coefficient (Wildman–Crippen LogP) is 5.02. The molecule has 0 nitrogen and oxygen atoms in total. The maximum absolute atomic E-state index is 2.53. The molecule has 0 aromatic heterocycles. The van der Waals surface area contributed by atoms with Crippen molar-refractivity contribution in [2.24, 2.45) is 5.41 Å². The van der Waals surface area contributed by atoms with Crippen LogP contribution in [0, 0.1) is 5.41 Å². The Morgan fingerprint density at radius 2 is 1.45 bits per heavy atom. The SMILES string of the molecule is CC1(C2=c3ccccc3=C[P]2)CCCCCCCCC1. The first-order valence-electron chi connectivity index (χ1n) is 8.30. The molecule has 20 heavy (non-hydrogen) atoms. The van der Waals surface area contributed by atoms with Crippen LogP contribution in [0.3, 0.4) is 0 Å². The lowest BCUT2D eigenvalue weighted by Crippen LogP contribution is -2.28. The smallest absolute Gasteiger partial charge is 0.00582 e. The molecule has 1 saturated carbocycles. The van der Waals surface area contributed by atoms with E-state index in [1.54, 1.807) is 5.31 Å². The summed E-state index contributed by atoms with van der Waals surface area (Å²) in [6.45, 7) is 2.53. The van der Waals surface area contributed by atoms with Crippen LogP contribution >= 0.6 is 8.58 Å². The van der Waals surface area contributed by atoms with Gasteiger partial charge >= 0.3 is 0 Å². The highest BCUT2D eigenvalue weighted by Gasteiger charge is 2.30. The average Bonchev–Trinajstić information content (AvgIpc) is 2.91. The maximum atomic E-state index is 2.53. The van der Waals surface area contributed by atoms with Crippen molar-refractivity contribution in [3.63, 3.8) is 0 Å². The second kappa shape index (κ2) is 6.44. The molecule has 0 N–H and O–H groups in total. The van der Waals surface area contributed by atoms with Crippen LogP contribution in [0.5, 0.6) is 0 Å². The number of hydrogen-bond acceptors (Lipinski definition) is 0. The first-order valence-corrected chi connectivity index (χ1v) is 9.27. The summed E-state index contributed by atoms with van der Waals surface area (Å²) in [6.07, 6.45) is 12.8. The van der Waals surface area contributed by atoms with Gasteiger partial charge in [-0.05, 0) is 48.4 Å². The summed E-state index contributed by atoms with van der Waals surface area (Å²) >= 11 is 0. The van der Waals surface area contributed by atoms with Crippen molar-refractivity contribution in [3.8, 4) is 0 Å². The Hall–Kier alpha value is -0.610. The van der Waals surface area contributed by atoms with Crippen molar-refractivity contribution in [2.75, 3.05) is 0 Å². The summed E-state index contributed by atoms with van der Waals surface area (Å²) in [5.41, 5.74) is 0.433. The lowest BCUT2D eigenvalue weighted by Gasteiger charge is -2.32. The molecule has 1 radical (unpaired) electrons. The van der Waals surface area contributed by atoms with E-state index in [0.29, 0.717) is 5.41 Å². The molecule has 0 unspecified atom stereocenters. The molecular weight excluding hydrogens is 259 g/mol. The van der Waals surface area contributed by atoms with Crippen LogP contribution in [0.25, 0.3) is 11.1 Å². The van der Waals surface area contributed by atoms with Crippen LogP contribution in [-0.4, -0.2) is 0 Å². The van der Waals surface area contributed by atoms with E-state index >= 15 is 0 Å². The van der Waals surface area contributed by atoms with Gasteiger partial charge < -0.3 is 0 Å². The molecule has 0 atom stereocenters. The lowest BCUT2D eigenvalue weighted by atomic mass is 9.78. The summed E-state index contributed by atoms with van der Waals surface area (Å²) in [5, 5.41) is 4.70. The van der Waals surface area contributed by atoms with E-state index in [1.165, 1.54) is 76.8 Å². The predicted molar refractivity (Wildman–Crippen MR) is 90.1 cm³/mol. The van der Waals surface area contributed by atoms with Gasteiger partial charge in [-0.25, -0.2) is 0 Å². The zero-order valence-corrected chi connectivity index (χ0v) is 13.6. The molecule has 1 aliphatic carbocycles. The topological polar surface area (TPSA) is 0 Å².